The standard InChI is InChI=1S/C6H3BrN2O4/c7-4-3(9(12)13)1-2-8-5(4)6(10)11/h1-2H,(H,10,11). The Bertz CT molecular complexity index is 347. The third-order valence-corrected chi connectivity index (χ3v) is 2.05. The molecular formula is C6H3BrN2O4. The van der Waals surface area contributed by atoms with Crippen LogP contribution in [-0.2, 0) is 0 Å². The van der Waals surface area contributed by atoms with Gasteiger partial charge in [0.05, 0.1) is 4.92 Å². The quantitative estimate of drug-likeness (QED) is 0.630. The molecule has 1 aromatic rings. The van der Waals surface area contributed by atoms with Crippen LogP contribution in [0.5, 0.6) is 0 Å². The van der Waals surface area contributed by atoms with Gasteiger partial charge in [0.2, 0.25) is 0 Å². The van der Waals surface area contributed by atoms with Crippen LogP contribution in [-0.4, -0.2) is 21.0 Å². The highest BCUT2D eigenvalue weighted by Gasteiger charge is 2.19. The molecule has 0 aliphatic carbocycles. The van der Waals surface area contributed by atoms with Crippen LogP contribution in [0.1, 0.15) is 10.5 Å². The molecule has 6 nitrogen and oxygen atoms in total. The van der Waals surface area contributed by atoms with Gasteiger partial charge in [0.15, 0.2) is 5.69 Å². The first-order chi connectivity index (χ1) is 6.04. The number of aromatic nitrogens is 1. The number of carboxylic acid groups (broad SMARTS) is 1. The number of nitro groups is 1. The number of hydrogen-bond donors (Lipinski definition) is 1. The van der Waals surface area contributed by atoms with E-state index in [0.717, 1.165) is 12.3 Å². The Labute approximate surface area is 80.5 Å². The first kappa shape index (κ1) is 9.59. The van der Waals surface area contributed by atoms with E-state index in [1.807, 2.05) is 0 Å². The molecule has 0 unspecified atom stereocenters. The average Bonchev–Trinajstić information content (AvgIpc) is 2.03. The molecule has 0 fully saturated rings. The third kappa shape index (κ3) is 1.81. The minimum absolute atomic E-state index is 0.118. The predicted molar refractivity (Wildman–Crippen MR) is 45.6 cm³/mol. The van der Waals surface area contributed by atoms with Gasteiger partial charge in [-0.15, -0.1) is 0 Å². The van der Waals surface area contributed by atoms with Gasteiger partial charge in [0.1, 0.15) is 4.47 Å². The molecule has 1 heterocycles. The lowest BCUT2D eigenvalue weighted by Crippen LogP contribution is -2.03. The molecule has 7 heteroatoms. The largest absolute Gasteiger partial charge is 0.476 e. The molecule has 13 heavy (non-hydrogen) atoms. The van der Waals surface area contributed by atoms with Gasteiger partial charge in [-0.1, -0.05) is 0 Å². The summed E-state index contributed by atoms with van der Waals surface area (Å²) in [6.45, 7) is 0. The Morgan fingerprint density at radius 3 is 2.77 bits per heavy atom. The molecule has 0 amide bonds. The van der Waals surface area contributed by atoms with E-state index in [9.17, 15) is 14.9 Å². The molecule has 0 aromatic carbocycles. The van der Waals surface area contributed by atoms with Crippen LogP contribution >= 0.6 is 15.9 Å². The van der Waals surface area contributed by atoms with Crippen LogP contribution in [0.4, 0.5) is 5.69 Å². The van der Waals surface area contributed by atoms with Gasteiger partial charge in [-0.3, -0.25) is 10.1 Å². The number of aromatic carboxylic acids is 1. The highest BCUT2D eigenvalue weighted by molar-refractivity contribution is 9.10. The zero-order valence-corrected chi connectivity index (χ0v) is 7.69. The number of hydrogen-bond acceptors (Lipinski definition) is 4. The van der Waals surface area contributed by atoms with Gasteiger partial charge in [0.25, 0.3) is 5.69 Å². The molecule has 0 atom stereocenters. The second-order valence-electron chi connectivity index (χ2n) is 2.05. The molecule has 1 aromatic heterocycles. The van der Waals surface area contributed by atoms with E-state index in [1.165, 1.54) is 0 Å². The fraction of sp³-hybridized carbons (Fsp3) is 0. The van der Waals surface area contributed by atoms with Gasteiger partial charge >= 0.3 is 5.97 Å². The molecule has 0 radical (unpaired) electrons. The van der Waals surface area contributed by atoms with Crippen molar-refractivity contribution in [2.45, 2.75) is 0 Å². The summed E-state index contributed by atoms with van der Waals surface area (Å²) in [5, 5.41) is 18.9. The van der Waals surface area contributed by atoms with E-state index in [1.54, 1.807) is 0 Å². The van der Waals surface area contributed by atoms with Gasteiger partial charge in [-0.25, -0.2) is 9.78 Å². The van der Waals surface area contributed by atoms with E-state index in [-0.39, 0.29) is 15.9 Å². The average molecular weight is 247 g/mol. The lowest BCUT2D eigenvalue weighted by Gasteiger charge is -1.97. The summed E-state index contributed by atoms with van der Waals surface area (Å²) in [5.41, 5.74) is -0.679. The fourth-order valence-electron chi connectivity index (χ4n) is 0.724. The first-order valence-corrected chi connectivity index (χ1v) is 3.85. The van der Waals surface area contributed by atoms with Crippen LogP contribution in [0, 0.1) is 10.1 Å². The number of pyridine rings is 1. The van der Waals surface area contributed by atoms with Crippen molar-refractivity contribution in [1.29, 1.82) is 0 Å². The highest BCUT2D eigenvalue weighted by Crippen LogP contribution is 2.26. The predicted octanol–water partition coefficient (Wildman–Crippen LogP) is 1.45. The third-order valence-electron chi connectivity index (χ3n) is 1.27. The van der Waals surface area contributed by atoms with E-state index >= 15 is 0 Å². The Hall–Kier alpha value is -1.50. The second kappa shape index (κ2) is 3.48. The molecule has 1 N–H and O–H groups in total. The van der Waals surface area contributed by atoms with E-state index in [2.05, 4.69) is 20.9 Å². The molecule has 68 valence electrons. The molecule has 1 rings (SSSR count). The smallest absolute Gasteiger partial charge is 0.355 e. The topological polar surface area (TPSA) is 93.3 Å². The van der Waals surface area contributed by atoms with Crippen molar-refractivity contribution in [2.75, 3.05) is 0 Å². The molecule has 0 spiro atoms. The summed E-state index contributed by atoms with van der Waals surface area (Å²) in [7, 11) is 0. The SMILES string of the molecule is O=C(O)c1nccc([N+](=O)[O-])c1Br. The van der Waals surface area contributed by atoms with Crippen LogP contribution in [0.25, 0.3) is 0 Å². The lowest BCUT2D eigenvalue weighted by molar-refractivity contribution is -0.385. The van der Waals surface area contributed by atoms with E-state index in [4.69, 9.17) is 5.11 Å². The lowest BCUT2D eigenvalue weighted by atomic mass is 10.3. The minimum atomic E-state index is -1.31. The summed E-state index contributed by atoms with van der Waals surface area (Å²) in [6.07, 6.45) is 1.08. The molecule has 0 aliphatic rings. The second-order valence-corrected chi connectivity index (χ2v) is 2.85. The van der Waals surface area contributed by atoms with Gasteiger partial charge in [-0.05, 0) is 15.9 Å². The Morgan fingerprint density at radius 1 is 1.69 bits per heavy atom. The Morgan fingerprint density at radius 2 is 2.31 bits per heavy atom. The van der Waals surface area contributed by atoms with Crippen LogP contribution in [0.3, 0.4) is 0 Å². The van der Waals surface area contributed by atoms with Crippen LogP contribution in [0.15, 0.2) is 16.7 Å². The molecule has 0 saturated carbocycles. The summed E-state index contributed by atoms with van der Waals surface area (Å²) in [5.74, 6) is -1.31. The molecule has 0 saturated heterocycles. The van der Waals surface area contributed by atoms with Crippen molar-refractivity contribution >= 4 is 27.6 Å². The maximum Gasteiger partial charge on any atom is 0.355 e. The van der Waals surface area contributed by atoms with Crippen molar-refractivity contribution < 1.29 is 14.8 Å². The van der Waals surface area contributed by atoms with Crippen LogP contribution in [0.2, 0.25) is 0 Å². The maximum atomic E-state index is 10.5. The Kier molecular flexibility index (Phi) is 2.57. The maximum absolute atomic E-state index is 10.5. The van der Waals surface area contributed by atoms with Gasteiger partial charge in [-0.2, -0.15) is 0 Å². The number of carbonyl (C=O) groups is 1. The zero-order valence-electron chi connectivity index (χ0n) is 6.10. The number of rotatable bonds is 2. The summed E-state index contributed by atoms with van der Waals surface area (Å²) >= 11 is 2.80. The van der Waals surface area contributed by atoms with Crippen molar-refractivity contribution in [2.24, 2.45) is 0 Å². The molecular weight excluding hydrogens is 244 g/mol. The van der Waals surface area contributed by atoms with E-state index < -0.39 is 10.9 Å². The molecule has 0 aliphatic heterocycles. The summed E-state index contributed by atoms with van der Waals surface area (Å²) in [6, 6.07) is 1.12. The van der Waals surface area contributed by atoms with Crippen molar-refractivity contribution in [3.63, 3.8) is 0 Å². The number of carboxylic acids is 1. The molecule has 0 bridgehead atoms. The van der Waals surface area contributed by atoms with Crippen molar-refractivity contribution in [3.05, 3.63) is 32.5 Å². The Balaban J connectivity index is 3.35. The zero-order chi connectivity index (χ0) is 10.0. The summed E-state index contributed by atoms with van der Waals surface area (Å²) in [4.78, 5) is 23.6. The monoisotopic (exact) mass is 246 g/mol. The van der Waals surface area contributed by atoms with Gasteiger partial charge < -0.3 is 5.11 Å². The van der Waals surface area contributed by atoms with Gasteiger partial charge in [0, 0.05) is 12.3 Å². The van der Waals surface area contributed by atoms with Crippen molar-refractivity contribution in [1.82, 2.24) is 4.98 Å². The number of halogens is 1. The van der Waals surface area contributed by atoms with Crippen LogP contribution < -0.4 is 0 Å². The highest BCUT2D eigenvalue weighted by atomic mass is 79.9. The fourth-order valence-corrected chi connectivity index (χ4v) is 1.27. The summed E-state index contributed by atoms with van der Waals surface area (Å²) < 4.78 is -0.118. The van der Waals surface area contributed by atoms with Crippen molar-refractivity contribution in [3.8, 4) is 0 Å². The first-order valence-electron chi connectivity index (χ1n) is 3.06. The van der Waals surface area contributed by atoms with E-state index in [0.29, 0.717) is 0 Å². The number of nitrogens with zero attached hydrogens (tertiary/aromatic N) is 2. The normalized spacial score (nSPS) is 9.62. The minimum Gasteiger partial charge on any atom is -0.476 e.